The molecule has 32 heavy (non-hydrogen) atoms. The number of amides is 1. The summed E-state index contributed by atoms with van der Waals surface area (Å²) in [6.07, 6.45) is 6.86. The number of rotatable bonds is 8. The predicted molar refractivity (Wildman–Crippen MR) is 123 cm³/mol. The predicted octanol–water partition coefficient (Wildman–Crippen LogP) is 4.59. The second-order valence-corrected chi connectivity index (χ2v) is 7.62. The van der Waals surface area contributed by atoms with Gasteiger partial charge in [0.1, 0.15) is 11.5 Å². The summed E-state index contributed by atoms with van der Waals surface area (Å²) in [6, 6.07) is 14.8. The Labute approximate surface area is 188 Å². The number of ether oxygens (including phenoxy) is 2. The molecule has 0 bridgehead atoms. The molecule has 4 rings (SSSR count). The number of hydrogen-bond donors (Lipinski definition) is 1. The summed E-state index contributed by atoms with van der Waals surface area (Å²) in [4.78, 5) is 23.6. The van der Waals surface area contributed by atoms with E-state index in [0.29, 0.717) is 30.3 Å². The van der Waals surface area contributed by atoms with Gasteiger partial charge in [0.05, 0.1) is 6.61 Å². The van der Waals surface area contributed by atoms with E-state index in [2.05, 4.69) is 20.2 Å². The van der Waals surface area contributed by atoms with Gasteiger partial charge in [0, 0.05) is 37.6 Å². The highest BCUT2D eigenvalue weighted by Crippen LogP contribution is 2.29. The van der Waals surface area contributed by atoms with Gasteiger partial charge in [0.2, 0.25) is 0 Å². The first-order chi connectivity index (χ1) is 15.7. The van der Waals surface area contributed by atoms with Gasteiger partial charge >= 0.3 is 0 Å². The van der Waals surface area contributed by atoms with Gasteiger partial charge in [-0.1, -0.05) is 12.1 Å². The lowest BCUT2D eigenvalue weighted by atomic mass is 10.1. The van der Waals surface area contributed by atoms with Crippen LogP contribution < -0.4 is 19.7 Å². The lowest BCUT2D eigenvalue weighted by molar-refractivity contribution is 0.0951. The largest absolute Gasteiger partial charge is 0.494 e. The molecule has 0 spiro atoms. The van der Waals surface area contributed by atoms with Crippen LogP contribution in [0, 0.1) is 0 Å². The molecule has 2 heterocycles. The molecule has 0 radical (unpaired) electrons. The highest BCUT2D eigenvalue weighted by Gasteiger charge is 2.18. The molecule has 0 aliphatic carbocycles. The average Bonchev–Trinajstić information content (AvgIpc) is 2.84. The van der Waals surface area contributed by atoms with Gasteiger partial charge in [0.15, 0.2) is 5.82 Å². The van der Waals surface area contributed by atoms with Crippen LogP contribution in [0.4, 0.5) is 5.82 Å². The maximum absolute atomic E-state index is 12.5. The van der Waals surface area contributed by atoms with Crippen LogP contribution in [-0.2, 0) is 6.54 Å². The van der Waals surface area contributed by atoms with Gasteiger partial charge < -0.3 is 19.7 Å². The molecule has 166 valence electrons. The molecule has 0 unspecified atom stereocenters. The maximum atomic E-state index is 12.5. The molecule has 1 saturated heterocycles. The van der Waals surface area contributed by atoms with Crippen molar-refractivity contribution in [2.45, 2.75) is 32.7 Å². The quantitative estimate of drug-likeness (QED) is 0.561. The maximum Gasteiger partial charge on any atom is 0.263 e. The van der Waals surface area contributed by atoms with E-state index in [1.807, 2.05) is 31.2 Å². The number of carbonyl (C=O) groups excluding carboxylic acids is 1. The van der Waals surface area contributed by atoms with Gasteiger partial charge in [-0.2, -0.15) is 0 Å². The van der Waals surface area contributed by atoms with E-state index in [0.717, 1.165) is 43.1 Å². The second-order valence-electron chi connectivity index (χ2n) is 7.62. The summed E-state index contributed by atoms with van der Waals surface area (Å²) in [5.41, 5.74) is 1.55. The van der Waals surface area contributed by atoms with Crippen LogP contribution in [0.5, 0.6) is 17.4 Å². The Hall–Kier alpha value is -3.61. The molecule has 3 aromatic rings. The van der Waals surface area contributed by atoms with Crippen LogP contribution in [0.25, 0.3) is 0 Å². The van der Waals surface area contributed by atoms with E-state index in [4.69, 9.17) is 9.47 Å². The molecule has 1 aromatic heterocycles. The molecule has 1 aliphatic heterocycles. The molecule has 2 aromatic carbocycles. The van der Waals surface area contributed by atoms with Crippen LogP contribution in [0.2, 0.25) is 0 Å². The molecule has 7 nitrogen and oxygen atoms in total. The molecule has 0 atom stereocenters. The third-order valence-corrected chi connectivity index (χ3v) is 5.30. The Bertz CT molecular complexity index is 1030. The fourth-order valence-corrected chi connectivity index (χ4v) is 3.69. The van der Waals surface area contributed by atoms with Crippen molar-refractivity contribution in [3.63, 3.8) is 0 Å². The van der Waals surface area contributed by atoms with Gasteiger partial charge in [-0.25, -0.2) is 9.97 Å². The molecule has 7 heteroatoms. The minimum atomic E-state index is -0.146. The van der Waals surface area contributed by atoms with Gasteiger partial charge in [-0.15, -0.1) is 0 Å². The van der Waals surface area contributed by atoms with Gasteiger partial charge in [0.25, 0.3) is 11.8 Å². The summed E-state index contributed by atoms with van der Waals surface area (Å²) < 4.78 is 11.5. The summed E-state index contributed by atoms with van der Waals surface area (Å²) in [7, 11) is 0. The van der Waals surface area contributed by atoms with Crippen LogP contribution in [0.15, 0.2) is 60.9 Å². The minimum absolute atomic E-state index is 0.146. The first-order valence-electron chi connectivity index (χ1n) is 11.1. The van der Waals surface area contributed by atoms with Crippen molar-refractivity contribution < 1.29 is 14.3 Å². The highest BCUT2D eigenvalue weighted by atomic mass is 16.5. The smallest absolute Gasteiger partial charge is 0.263 e. The fourth-order valence-electron chi connectivity index (χ4n) is 3.69. The van der Waals surface area contributed by atoms with E-state index in [9.17, 15) is 4.79 Å². The zero-order valence-corrected chi connectivity index (χ0v) is 18.3. The first-order valence-corrected chi connectivity index (χ1v) is 11.1. The number of benzene rings is 2. The van der Waals surface area contributed by atoms with E-state index >= 15 is 0 Å². The Morgan fingerprint density at radius 2 is 1.78 bits per heavy atom. The highest BCUT2D eigenvalue weighted by molar-refractivity contribution is 5.94. The summed E-state index contributed by atoms with van der Waals surface area (Å²) in [6.45, 7) is 4.90. The second kappa shape index (κ2) is 10.6. The van der Waals surface area contributed by atoms with E-state index < -0.39 is 0 Å². The third kappa shape index (κ3) is 5.55. The van der Waals surface area contributed by atoms with Gasteiger partial charge in [-0.3, -0.25) is 4.79 Å². The lowest BCUT2D eigenvalue weighted by Crippen LogP contribution is -2.30. The van der Waals surface area contributed by atoms with Crippen molar-refractivity contribution in [2.24, 2.45) is 0 Å². The number of aromatic nitrogens is 2. The van der Waals surface area contributed by atoms with Crippen molar-refractivity contribution in [1.29, 1.82) is 0 Å². The first kappa shape index (κ1) is 21.6. The Morgan fingerprint density at radius 3 is 2.56 bits per heavy atom. The van der Waals surface area contributed by atoms with Crippen LogP contribution in [0.3, 0.4) is 0 Å². The van der Waals surface area contributed by atoms with Crippen molar-refractivity contribution in [3.8, 4) is 17.4 Å². The SMILES string of the molecule is CCOc1cccc(CNC(=O)c2ccc(Oc3nccnc3N3CCCCC3)cc2)c1. The Morgan fingerprint density at radius 1 is 1.00 bits per heavy atom. The topological polar surface area (TPSA) is 76.6 Å². The fraction of sp³-hybridized carbons (Fsp3) is 0.320. The van der Waals surface area contributed by atoms with Crippen molar-refractivity contribution in [2.75, 3.05) is 24.6 Å². The Kier molecular flexibility index (Phi) is 7.17. The standard InChI is InChI=1S/C25H28N4O3/c1-2-31-22-8-6-7-19(17-22)18-28-24(30)20-9-11-21(12-10-20)32-25-23(26-13-14-27-25)29-15-4-3-5-16-29/h6-14,17H,2-5,15-16,18H2,1H3,(H,28,30). The molecule has 1 amide bonds. The van der Waals surface area contributed by atoms with E-state index in [1.165, 1.54) is 6.42 Å². The van der Waals surface area contributed by atoms with E-state index in [1.54, 1.807) is 36.7 Å². The molecule has 1 fully saturated rings. The Balaban J connectivity index is 1.37. The van der Waals surface area contributed by atoms with Crippen molar-refractivity contribution >= 4 is 11.7 Å². The molecule has 1 N–H and O–H groups in total. The summed E-state index contributed by atoms with van der Waals surface area (Å²) >= 11 is 0. The van der Waals surface area contributed by atoms with E-state index in [-0.39, 0.29) is 5.91 Å². The molecular formula is C25H28N4O3. The lowest BCUT2D eigenvalue weighted by Gasteiger charge is -2.28. The van der Waals surface area contributed by atoms with Crippen LogP contribution in [0.1, 0.15) is 42.1 Å². The average molecular weight is 433 g/mol. The number of anilines is 1. The third-order valence-electron chi connectivity index (χ3n) is 5.30. The number of nitrogens with zero attached hydrogens (tertiary/aromatic N) is 3. The molecule has 0 saturated carbocycles. The number of piperidine rings is 1. The molecular weight excluding hydrogens is 404 g/mol. The number of hydrogen-bond acceptors (Lipinski definition) is 6. The zero-order chi connectivity index (χ0) is 22.2. The normalized spacial score (nSPS) is 13.5. The summed E-state index contributed by atoms with van der Waals surface area (Å²) in [5, 5.41) is 2.94. The molecule has 1 aliphatic rings. The van der Waals surface area contributed by atoms with Crippen molar-refractivity contribution in [1.82, 2.24) is 15.3 Å². The monoisotopic (exact) mass is 432 g/mol. The number of nitrogens with one attached hydrogen (secondary N) is 1. The minimum Gasteiger partial charge on any atom is -0.494 e. The van der Waals surface area contributed by atoms with Crippen LogP contribution >= 0.6 is 0 Å². The number of carbonyl (C=O) groups is 1. The zero-order valence-electron chi connectivity index (χ0n) is 18.3. The van der Waals surface area contributed by atoms with Crippen LogP contribution in [-0.4, -0.2) is 35.6 Å². The van der Waals surface area contributed by atoms with Crippen molar-refractivity contribution in [3.05, 3.63) is 72.1 Å². The van der Waals surface area contributed by atoms with Gasteiger partial charge in [-0.05, 0) is 68.1 Å². The summed E-state index contributed by atoms with van der Waals surface area (Å²) in [5.74, 6) is 2.52.